The van der Waals surface area contributed by atoms with Crippen LogP contribution in [0.25, 0.3) is 0 Å². The first-order valence-electron chi connectivity index (χ1n) is 10.7. The summed E-state index contributed by atoms with van der Waals surface area (Å²) in [7, 11) is 0. The largest absolute Gasteiger partial charge is 0.479 e. The number of oxime groups is 2. The molecule has 2 aromatic carbocycles. The number of rotatable bonds is 5. The third-order valence-electron chi connectivity index (χ3n) is 5.69. The highest BCUT2D eigenvalue weighted by molar-refractivity contribution is 6.35. The number of nitrogens with one attached hydrogen (secondary N) is 1. The van der Waals surface area contributed by atoms with E-state index in [0.717, 1.165) is 12.1 Å². The van der Waals surface area contributed by atoms with Crippen LogP contribution in [0.1, 0.15) is 46.8 Å². The number of halogens is 6. The Bertz CT molecular complexity index is 1250. The molecule has 2 heterocycles. The molecule has 0 saturated heterocycles. The van der Waals surface area contributed by atoms with Gasteiger partial charge in [-0.2, -0.15) is 13.2 Å². The van der Waals surface area contributed by atoms with Gasteiger partial charge in [0.2, 0.25) is 12.1 Å². The van der Waals surface area contributed by atoms with Crippen molar-refractivity contribution >= 4 is 40.7 Å². The fourth-order valence-electron chi connectivity index (χ4n) is 3.85. The molecular formula is C23H19Cl2F4N3O4. The van der Waals surface area contributed by atoms with Crippen LogP contribution in [0.4, 0.5) is 17.6 Å². The first kappa shape index (κ1) is 26.0. The van der Waals surface area contributed by atoms with E-state index in [-0.39, 0.29) is 17.7 Å². The molecule has 0 spiro atoms. The maximum absolute atomic E-state index is 14.2. The summed E-state index contributed by atoms with van der Waals surface area (Å²) in [6.45, 7) is 3.83. The summed E-state index contributed by atoms with van der Waals surface area (Å²) in [4.78, 5) is 22.8. The zero-order valence-electron chi connectivity index (χ0n) is 18.9. The lowest BCUT2D eigenvalue weighted by molar-refractivity contribution is -0.275. The minimum Gasteiger partial charge on any atom is -0.479 e. The van der Waals surface area contributed by atoms with Crippen molar-refractivity contribution in [2.24, 2.45) is 10.3 Å². The number of alkyl halides is 3. The maximum Gasteiger partial charge on any atom is 0.435 e. The van der Waals surface area contributed by atoms with E-state index >= 15 is 0 Å². The van der Waals surface area contributed by atoms with Crippen molar-refractivity contribution in [3.63, 3.8) is 0 Å². The Hall–Kier alpha value is -3.05. The Morgan fingerprint density at radius 2 is 1.92 bits per heavy atom. The van der Waals surface area contributed by atoms with Crippen molar-refractivity contribution in [1.29, 1.82) is 0 Å². The minimum atomic E-state index is -4.93. The lowest BCUT2D eigenvalue weighted by Gasteiger charge is -2.29. The highest BCUT2D eigenvalue weighted by Crippen LogP contribution is 2.50. The van der Waals surface area contributed by atoms with Gasteiger partial charge in [0, 0.05) is 17.5 Å². The summed E-state index contributed by atoms with van der Waals surface area (Å²) in [6, 6.07) is 6.07. The second-order valence-corrected chi connectivity index (χ2v) is 8.92. The molecule has 0 saturated carbocycles. The summed E-state index contributed by atoms with van der Waals surface area (Å²) in [5.41, 5.74) is -2.34. The molecule has 0 bridgehead atoms. The molecule has 7 nitrogen and oxygen atoms in total. The van der Waals surface area contributed by atoms with E-state index in [1.54, 1.807) is 13.8 Å². The van der Waals surface area contributed by atoms with Crippen LogP contribution in [0.2, 0.25) is 10.0 Å². The summed E-state index contributed by atoms with van der Waals surface area (Å²) in [5, 5.41) is 8.93. The number of aryl methyl sites for hydroxylation is 1. The quantitative estimate of drug-likeness (QED) is 0.376. The number of benzene rings is 2. The van der Waals surface area contributed by atoms with Crippen LogP contribution in [-0.2, 0) is 20.0 Å². The molecule has 2 aliphatic heterocycles. The maximum atomic E-state index is 14.2. The van der Waals surface area contributed by atoms with Crippen LogP contribution in [0.15, 0.2) is 40.6 Å². The number of hydrogen-bond acceptors (Lipinski definition) is 6. The van der Waals surface area contributed by atoms with Crippen LogP contribution >= 0.6 is 23.2 Å². The van der Waals surface area contributed by atoms with Gasteiger partial charge < -0.3 is 19.7 Å². The lowest BCUT2D eigenvalue weighted by atomic mass is 9.86. The molecule has 4 rings (SSSR count). The van der Waals surface area contributed by atoms with Crippen molar-refractivity contribution in [3.8, 4) is 0 Å². The van der Waals surface area contributed by atoms with Gasteiger partial charge in [0.25, 0.3) is 11.5 Å². The predicted octanol–water partition coefficient (Wildman–Crippen LogP) is 5.85. The van der Waals surface area contributed by atoms with Crippen LogP contribution in [-0.4, -0.2) is 36.5 Å². The van der Waals surface area contributed by atoms with Gasteiger partial charge in [0.1, 0.15) is 0 Å². The molecular weight excluding hydrogens is 529 g/mol. The molecule has 36 heavy (non-hydrogen) atoms. The fourth-order valence-corrected chi connectivity index (χ4v) is 4.34. The Kier molecular flexibility index (Phi) is 7.07. The molecule has 0 aromatic heterocycles. The van der Waals surface area contributed by atoms with Crippen LogP contribution < -0.4 is 5.32 Å². The Morgan fingerprint density at radius 3 is 2.53 bits per heavy atom. The second-order valence-electron chi connectivity index (χ2n) is 8.10. The topological polar surface area (TPSA) is 81.5 Å². The van der Waals surface area contributed by atoms with Gasteiger partial charge in [-0.05, 0) is 54.4 Å². The number of nitrogens with zero attached hydrogens (tertiary/aromatic N) is 2. The van der Waals surface area contributed by atoms with Gasteiger partial charge in [0.15, 0.2) is 5.82 Å². The molecule has 0 fully saturated rings. The predicted molar refractivity (Wildman–Crippen MR) is 124 cm³/mol. The van der Waals surface area contributed by atoms with Crippen molar-refractivity contribution < 1.29 is 36.8 Å². The second kappa shape index (κ2) is 9.78. The van der Waals surface area contributed by atoms with Crippen molar-refractivity contribution in [2.75, 3.05) is 6.61 Å². The van der Waals surface area contributed by atoms with Gasteiger partial charge in [-0.1, -0.05) is 34.4 Å². The highest BCUT2D eigenvalue weighted by atomic mass is 35.5. The van der Waals surface area contributed by atoms with E-state index < -0.39 is 51.8 Å². The Labute approximate surface area is 213 Å². The van der Waals surface area contributed by atoms with Gasteiger partial charge >= 0.3 is 6.18 Å². The van der Waals surface area contributed by atoms with Crippen molar-refractivity contribution in [2.45, 2.75) is 44.7 Å². The molecule has 0 radical (unpaired) electrons. The molecule has 2 aromatic rings. The van der Waals surface area contributed by atoms with E-state index in [0.29, 0.717) is 23.6 Å². The van der Waals surface area contributed by atoms with Crippen LogP contribution in [0.5, 0.6) is 0 Å². The average molecular weight is 548 g/mol. The first-order chi connectivity index (χ1) is 16.9. The van der Waals surface area contributed by atoms with E-state index in [1.165, 1.54) is 18.2 Å². The zero-order valence-corrected chi connectivity index (χ0v) is 20.4. The van der Waals surface area contributed by atoms with E-state index in [1.807, 2.05) is 0 Å². The lowest BCUT2D eigenvalue weighted by Crippen LogP contribution is -2.42. The van der Waals surface area contributed by atoms with Crippen LogP contribution in [0, 0.1) is 12.7 Å². The summed E-state index contributed by atoms with van der Waals surface area (Å²) < 4.78 is 61.7. The first-order valence-corrected chi connectivity index (χ1v) is 11.4. The molecule has 1 N–H and O–H groups in total. The number of ether oxygens (including phenoxy) is 1. The van der Waals surface area contributed by atoms with E-state index in [2.05, 4.69) is 15.6 Å². The Morgan fingerprint density at radius 1 is 1.22 bits per heavy atom. The normalized spacial score (nSPS) is 21.4. The van der Waals surface area contributed by atoms with E-state index in [4.69, 9.17) is 37.6 Å². The number of hydrogen-bond donors (Lipinski definition) is 1. The monoisotopic (exact) mass is 547 g/mol. The molecule has 0 aliphatic carbocycles. The van der Waals surface area contributed by atoms with Gasteiger partial charge in [-0.3, -0.25) is 4.79 Å². The number of amides is 1. The molecule has 1 amide bonds. The Balaban J connectivity index is 1.54. The van der Waals surface area contributed by atoms with Gasteiger partial charge in [-0.15, -0.1) is 0 Å². The molecule has 192 valence electrons. The molecule has 2 aliphatic rings. The molecule has 1 unspecified atom stereocenters. The molecule has 13 heteroatoms. The number of carbonyl (C=O) groups excluding carboxylic acids is 1. The van der Waals surface area contributed by atoms with Crippen LogP contribution in [0.3, 0.4) is 0 Å². The summed E-state index contributed by atoms with van der Waals surface area (Å²) >= 11 is 11.5. The average Bonchev–Trinajstić information content (AvgIpc) is 3.45. The third-order valence-corrected chi connectivity index (χ3v) is 6.24. The smallest absolute Gasteiger partial charge is 0.435 e. The number of carbonyl (C=O) groups is 1. The van der Waals surface area contributed by atoms with E-state index in [9.17, 15) is 22.4 Å². The third kappa shape index (κ3) is 4.81. The van der Waals surface area contributed by atoms with Crippen molar-refractivity contribution in [1.82, 2.24) is 5.32 Å². The summed E-state index contributed by atoms with van der Waals surface area (Å²) in [5.74, 6) is -1.13. The molecule has 2 atom stereocenters. The van der Waals surface area contributed by atoms with Gasteiger partial charge in [0.05, 0.1) is 28.8 Å². The fraction of sp³-hybridized carbons (Fsp3) is 0.348. The summed E-state index contributed by atoms with van der Waals surface area (Å²) in [6.07, 6.45) is -6.08. The standard InChI is InChI=1S/C23H19Cl2F4N3O4/c1-3-34-19-9-18(35-32-19)30-21(33)14-5-4-12(6-11(14)2)17-10-22(36-31-17,23(27,28)29)13-7-15(24)20(26)16(25)8-13/h4-8,18H,3,9-10H2,1-2H3,(H,30,33)/t18?,22-/m0/s1. The SMILES string of the molecule is CCOC1=NOC(NC(=O)c2ccc(C3=NO[C@@](c4cc(Cl)c(F)c(Cl)c4)(C(F)(F)F)C3)cc2C)C1. The van der Waals surface area contributed by atoms with Gasteiger partial charge in [-0.25, -0.2) is 4.39 Å². The van der Waals surface area contributed by atoms with Crippen molar-refractivity contribution in [3.05, 3.63) is 68.4 Å². The zero-order chi connectivity index (χ0) is 26.3. The minimum absolute atomic E-state index is 0.0205. The highest BCUT2D eigenvalue weighted by Gasteiger charge is 2.62.